The highest BCUT2D eigenvalue weighted by molar-refractivity contribution is 6.33. The fourth-order valence-electron chi connectivity index (χ4n) is 3.10. The normalized spacial score (nSPS) is 14.9. The molecule has 1 aliphatic heterocycles. The molecule has 1 aliphatic rings. The molecule has 2 aromatic rings. The quantitative estimate of drug-likeness (QED) is 0.739. The van der Waals surface area contributed by atoms with Crippen LogP contribution in [0.25, 0.3) is 11.1 Å². The zero-order valence-electron chi connectivity index (χ0n) is 12.7. The fraction of sp³-hybridized carbons (Fsp3) is 0.278. The van der Waals surface area contributed by atoms with Crippen LogP contribution in [-0.4, -0.2) is 30.1 Å². The van der Waals surface area contributed by atoms with Crippen LogP contribution < -0.4 is 0 Å². The van der Waals surface area contributed by atoms with E-state index in [9.17, 15) is 18.0 Å². The molecule has 0 saturated heterocycles. The van der Waals surface area contributed by atoms with E-state index in [2.05, 4.69) is 0 Å². The third-order valence-corrected chi connectivity index (χ3v) is 4.55. The van der Waals surface area contributed by atoms with Crippen LogP contribution in [0.15, 0.2) is 42.5 Å². The zero-order valence-corrected chi connectivity index (χ0v) is 13.5. The highest BCUT2D eigenvalue weighted by Crippen LogP contribution is 2.35. The molecule has 0 bridgehead atoms. The summed E-state index contributed by atoms with van der Waals surface area (Å²) in [7, 11) is 0. The van der Waals surface area contributed by atoms with Gasteiger partial charge in [0, 0.05) is 23.7 Å². The van der Waals surface area contributed by atoms with Crippen molar-refractivity contribution in [2.75, 3.05) is 13.1 Å². The molecule has 0 spiro atoms. The second-order valence-corrected chi connectivity index (χ2v) is 6.12. The Bertz CT molecular complexity index is 759. The maximum atomic E-state index is 12.7. The van der Waals surface area contributed by atoms with E-state index in [0.717, 1.165) is 27.2 Å². The maximum Gasteiger partial charge on any atom is 0.471 e. The molecule has 126 valence electrons. The third kappa shape index (κ3) is 3.26. The molecule has 0 N–H and O–H groups in total. The van der Waals surface area contributed by atoms with Crippen molar-refractivity contribution in [3.63, 3.8) is 0 Å². The number of amides is 1. The number of fused-ring (bicyclic) bond motifs is 1. The second-order valence-electron chi connectivity index (χ2n) is 5.72. The van der Waals surface area contributed by atoms with E-state index in [1.165, 1.54) is 0 Å². The molecule has 2 aromatic carbocycles. The molecule has 0 radical (unpaired) electrons. The second kappa shape index (κ2) is 6.48. The van der Waals surface area contributed by atoms with E-state index in [1.54, 1.807) is 6.07 Å². The summed E-state index contributed by atoms with van der Waals surface area (Å²) in [5.74, 6) is -1.78. The summed E-state index contributed by atoms with van der Waals surface area (Å²) in [5, 5.41) is 0.565. The number of carbonyl (C=O) groups excluding carboxylic acids is 1. The van der Waals surface area contributed by atoms with Crippen LogP contribution in [0.4, 0.5) is 13.2 Å². The Labute approximate surface area is 142 Å². The van der Waals surface area contributed by atoms with E-state index in [0.29, 0.717) is 17.9 Å². The van der Waals surface area contributed by atoms with Gasteiger partial charge in [-0.05, 0) is 35.6 Å². The Morgan fingerprint density at radius 2 is 1.67 bits per heavy atom. The molecule has 0 saturated carbocycles. The van der Waals surface area contributed by atoms with Crippen LogP contribution in [-0.2, 0) is 17.6 Å². The van der Waals surface area contributed by atoms with Gasteiger partial charge in [-0.2, -0.15) is 13.2 Å². The van der Waals surface area contributed by atoms with Crippen LogP contribution in [0.3, 0.4) is 0 Å². The number of nitrogens with zero attached hydrogens (tertiary/aromatic N) is 1. The number of alkyl halides is 3. The summed E-state index contributed by atoms with van der Waals surface area (Å²) in [5.41, 5.74) is 3.63. The van der Waals surface area contributed by atoms with Crippen LogP contribution in [0.2, 0.25) is 5.02 Å². The van der Waals surface area contributed by atoms with Crippen LogP contribution in [0.5, 0.6) is 0 Å². The molecular formula is C18H15ClF3NO. The zero-order chi connectivity index (χ0) is 17.3. The van der Waals surface area contributed by atoms with Crippen molar-refractivity contribution in [3.8, 4) is 11.1 Å². The molecule has 0 aromatic heterocycles. The van der Waals surface area contributed by atoms with Crippen LogP contribution in [0, 0.1) is 0 Å². The van der Waals surface area contributed by atoms with Crippen LogP contribution >= 0.6 is 11.6 Å². The molecule has 6 heteroatoms. The molecule has 0 fully saturated rings. The first-order valence-electron chi connectivity index (χ1n) is 7.59. The lowest BCUT2D eigenvalue weighted by Gasteiger charge is -2.21. The average Bonchev–Trinajstić information content (AvgIpc) is 2.76. The van der Waals surface area contributed by atoms with E-state index < -0.39 is 12.1 Å². The summed E-state index contributed by atoms with van der Waals surface area (Å²) in [4.78, 5) is 12.4. The molecule has 24 heavy (non-hydrogen) atoms. The minimum atomic E-state index is -4.84. The molecule has 3 rings (SSSR count). The number of hydrogen-bond acceptors (Lipinski definition) is 1. The average molecular weight is 354 g/mol. The van der Waals surface area contributed by atoms with Gasteiger partial charge in [0.25, 0.3) is 0 Å². The standard InChI is InChI=1S/C18H15ClF3NO/c19-15-7-6-12-8-10-23(17(24)18(20,21)22)11-9-14(12)16(15)13-4-2-1-3-5-13/h1-7H,8-11H2. The summed E-state index contributed by atoms with van der Waals surface area (Å²) in [6.07, 6.45) is -4.10. The van der Waals surface area contributed by atoms with Gasteiger partial charge < -0.3 is 4.90 Å². The first-order chi connectivity index (χ1) is 11.4. The lowest BCUT2D eigenvalue weighted by Crippen LogP contribution is -2.42. The van der Waals surface area contributed by atoms with Crippen molar-refractivity contribution in [1.29, 1.82) is 0 Å². The van der Waals surface area contributed by atoms with E-state index in [-0.39, 0.29) is 13.1 Å². The maximum absolute atomic E-state index is 12.7. The Morgan fingerprint density at radius 3 is 2.33 bits per heavy atom. The largest absolute Gasteiger partial charge is 0.471 e. The molecule has 1 heterocycles. The van der Waals surface area contributed by atoms with E-state index in [1.807, 2.05) is 36.4 Å². The number of rotatable bonds is 1. The molecular weight excluding hydrogens is 339 g/mol. The lowest BCUT2D eigenvalue weighted by molar-refractivity contribution is -0.185. The third-order valence-electron chi connectivity index (χ3n) is 4.23. The van der Waals surface area contributed by atoms with Crippen molar-refractivity contribution in [3.05, 3.63) is 58.6 Å². The van der Waals surface area contributed by atoms with Gasteiger partial charge in [0.1, 0.15) is 0 Å². The summed E-state index contributed by atoms with van der Waals surface area (Å²) >= 11 is 6.36. The van der Waals surface area contributed by atoms with E-state index in [4.69, 9.17) is 11.6 Å². The Hall–Kier alpha value is -2.01. The summed E-state index contributed by atoms with van der Waals surface area (Å²) in [6.45, 7) is 0.0900. The minimum Gasteiger partial charge on any atom is -0.334 e. The van der Waals surface area contributed by atoms with Gasteiger partial charge in [0.15, 0.2) is 0 Å². The summed E-state index contributed by atoms with van der Waals surface area (Å²) in [6, 6.07) is 13.1. The predicted molar refractivity (Wildman–Crippen MR) is 86.9 cm³/mol. The highest BCUT2D eigenvalue weighted by Gasteiger charge is 2.42. The molecule has 0 unspecified atom stereocenters. The van der Waals surface area contributed by atoms with Gasteiger partial charge in [-0.15, -0.1) is 0 Å². The molecule has 1 amide bonds. The highest BCUT2D eigenvalue weighted by atomic mass is 35.5. The number of halogens is 4. The van der Waals surface area contributed by atoms with Gasteiger partial charge in [-0.3, -0.25) is 4.79 Å². The predicted octanol–water partition coefficient (Wildman–Crippen LogP) is 4.50. The first-order valence-corrected chi connectivity index (χ1v) is 7.97. The van der Waals surface area contributed by atoms with Crippen molar-refractivity contribution in [1.82, 2.24) is 4.90 Å². The van der Waals surface area contributed by atoms with Crippen molar-refractivity contribution >= 4 is 17.5 Å². The van der Waals surface area contributed by atoms with Crippen molar-refractivity contribution in [2.45, 2.75) is 19.0 Å². The van der Waals surface area contributed by atoms with Crippen LogP contribution in [0.1, 0.15) is 11.1 Å². The van der Waals surface area contributed by atoms with Gasteiger partial charge in [-0.25, -0.2) is 0 Å². The van der Waals surface area contributed by atoms with Crippen molar-refractivity contribution < 1.29 is 18.0 Å². The minimum absolute atomic E-state index is 0.0333. The Balaban J connectivity index is 1.97. The first kappa shape index (κ1) is 16.8. The topological polar surface area (TPSA) is 20.3 Å². The Morgan fingerprint density at radius 1 is 1.00 bits per heavy atom. The SMILES string of the molecule is O=C(N1CCc2ccc(Cl)c(-c3ccccc3)c2CC1)C(F)(F)F. The number of hydrogen-bond donors (Lipinski definition) is 0. The van der Waals surface area contributed by atoms with E-state index >= 15 is 0 Å². The molecule has 2 nitrogen and oxygen atoms in total. The fourth-order valence-corrected chi connectivity index (χ4v) is 3.38. The Kier molecular flexibility index (Phi) is 4.54. The molecule has 0 atom stereocenters. The van der Waals surface area contributed by atoms with Gasteiger partial charge >= 0.3 is 12.1 Å². The smallest absolute Gasteiger partial charge is 0.334 e. The van der Waals surface area contributed by atoms with Gasteiger partial charge in [0.2, 0.25) is 0 Å². The number of carbonyl (C=O) groups is 1. The van der Waals surface area contributed by atoms with Gasteiger partial charge in [0.05, 0.1) is 0 Å². The number of benzene rings is 2. The monoisotopic (exact) mass is 353 g/mol. The van der Waals surface area contributed by atoms with Gasteiger partial charge in [-0.1, -0.05) is 48.0 Å². The lowest BCUT2D eigenvalue weighted by atomic mass is 9.92. The summed E-state index contributed by atoms with van der Waals surface area (Å²) < 4.78 is 38.1. The van der Waals surface area contributed by atoms with Crippen molar-refractivity contribution in [2.24, 2.45) is 0 Å². The molecule has 0 aliphatic carbocycles.